The number of aromatic nitrogens is 3. The number of rotatable bonds is 3. The molecule has 1 fully saturated rings. The van der Waals surface area contributed by atoms with Gasteiger partial charge in [-0.1, -0.05) is 0 Å². The molecule has 0 spiro atoms. The molecule has 6 heteroatoms. The predicted molar refractivity (Wildman–Crippen MR) is 49.7 cm³/mol. The summed E-state index contributed by atoms with van der Waals surface area (Å²) in [5, 5.41) is 11.0. The fraction of sp³-hybridized carbons (Fsp3) is 0.667. The van der Waals surface area contributed by atoms with Gasteiger partial charge in [0.05, 0.1) is 6.20 Å². The molecule has 12 heavy (non-hydrogen) atoms. The number of alkyl halides is 2. The largest absolute Gasteiger partial charge is 0.197 e. The Labute approximate surface area is 84.2 Å². The zero-order valence-corrected chi connectivity index (χ0v) is 8.46. The summed E-state index contributed by atoms with van der Waals surface area (Å²) in [6, 6.07) is 0. The van der Waals surface area contributed by atoms with Gasteiger partial charge in [0.15, 0.2) is 0 Å². The highest BCUT2D eigenvalue weighted by atomic mass is 35.5. The Hall–Kier alpha value is 0.0700. The van der Waals surface area contributed by atoms with Crippen LogP contribution in [0.3, 0.4) is 0 Å². The summed E-state index contributed by atoms with van der Waals surface area (Å²) in [6.07, 6.45) is 2.58. The van der Waals surface area contributed by atoms with Crippen LogP contribution in [0.4, 0.5) is 0 Å². The first-order valence-corrected chi connectivity index (χ1v) is 5.29. The minimum absolute atomic E-state index is 0.405. The van der Waals surface area contributed by atoms with Crippen LogP contribution in [0.1, 0.15) is 6.42 Å². The average Bonchev–Trinajstić information content (AvgIpc) is 2.54. The Morgan fingerprint density at radius 1 is 1.75 bits per heavy atom. The molecule has 0 saturated heterocycles. The van der Waals surface area contributed by atoms with Crippen LogP contribution in [-0.4, -0.2) is 25.5 Å². The van der Waals surface area contributed by atoms with Crippen molar-refractivity contribution in [2.75, 3.05) is 5.75 Å². The lowest BCUT2D eigenvalue weighted by atomic mass is 10.5. The van der Waals surface area contributed by atoms with E-state index in [1.807, 2.05) is 0 Å². The smallest absolute Gasteiger partial charge is 0.138 e. The summed E-state index contributed by atoms with van der Waals surface area (Å²) < 4.78 is -0.475. The third kappa shape index (κ3) is 1.87. The number of hydrogen-bond donors (Lipinski definition) is 1. The van der Waals surface area contributed by atoms with Crippen molar-refractivity contribution in [2.45, 2.75) is 15.8 Å². The van der Waals surface area contributed by atoms with Gasteiger partial charge in [-0.25, -0.2) is 0 Å². The second-order valence-corrected chi connectivity index (χ2v) is 5.36. The number of H-pyrrole nitrogens is 1. The summed E-state index contributed by atoms with van der Waals surface area (Å²) in [4.78, 5) is 0. The lowest BCUT2D eigenvalue weighted by Crippen LogP contribution is -1.92. The quantitative estimate of drug-likeness (QED) is 0.631. The standard InChI is InChI=1S/C6H7Cl2N3S/c7-6(8)1-4(6)3-12-5-2-9-11-10-5/h2,4H,1,3H2,(H,9,10,11). The molecule has 3 nitrogen and oxygen atoms in total. The summed E-state index contributed by atoms with van der Waals surface area (Å²) in [6.45, 7) is 0. The highest BCUT2D eigenvalue weighted by Crippen LogP contribution is 2.54. The Bertz CT molecular complexity index is 262. The SMILES string of the molecule is ClC1(Cl)CC1CSc1cn[nH]n1. The maximum absolute atomic E-state index is 5.86. The van der Waals surface area contributed by atoms with E-state index in [-0.39, 0.29) is 0 Å². The molecule has 0 aliphatic heterocycles. The lowest BCUT2D eigenvalue weighted by Gasteiger charge is -1.96. The lowest BCUT2D eigenvalue weighted by molar-refractivity contribution is 0.907. The molecule has 1 aliphatic carbocycles. The molecular formula is C6H7Cl2N3S. The van der Waals surface area contributed by atoms with E-state index >= 15 is 0 Å². The minimum Gasteiger partial charge on any atom is -0.197 e. The number of aromatic amines is 1. The van der Waals surface area contributed by atoms with Crippen LogP contribution >= 0.6 is 35.0 Å². The van der Waals surface area contributed by atoms with E-state index in [9.17, 15) is 0 Å². The van der Waals surface area contributed by atoms with Crippen molar-refractivity contribution in [3.63, 3.8) is 0 Å². The van der Waals surface area contributed by atoms with Gasteiger partial charge in [-0.3, -0.25) is 0 Å². The van der Waals surface area contributed by atoms with Crippen LogP contribution in [0.15, 0.2) is 11.2 Å². The Balaban J connectivity index is 1.78. The first-order chi connectivity index (χ1) is 5.68. The second kappa shape index (κ2) is 3.09. The molecule has 1 aromatic rings. The molecule has 1 aliphatic rings. The van der Waals surface area contributed by atoms with Crippen LogP contribution in [-0.2, 0) is 0 Å². The average molecular weight is 224 g/mol. The first-order valence-electron chi connectivity index (χ1n) is 3.55. The fourth-order valence-electron chi connectivity index (χ4n) is 0.897. The molecule has 0 aromatic carbocycles. The van der Waals surface area contributed by atoms with E-state index in [2.05, 4.69) is 15.4 Å². The molecule has 2 rings (SSSR count). The van der Waals surface area contributed by atoms with Gasteiger partial charge >= 0.3 is 0 Å². The maximum Gasteiger partial charge on any atom is 0.138 e. The first kappa shape index (κ1) is 8.66. The maximum atomic E-state index is 5.86. The highest BCUT2D eigenvalue weighted by Gasteiger charge is 2.51. The van der Waals surface area contributed by atoms with Gasteiger partial charge in [0, 0.05) is 11.7 Å². The fourth-order valence-corrected chi connectivity index (χ4v) is 2.61. The van der Waals surface area contributed by atoms with Crippen LogP contribution in [0.5, 0.6) is 0 Å². The van der Waals surface area contributed by atoms with Gasteiger partial charge in [-0.15, -0.1) is 40.1 Å². The van der Waals surface area contributed by atoms with Gasteiger partial charge in [0.2, 0.25) is 0 Å². The number of nitrogens with zero attached hydrogens (tertiary/aromatic N) is 2. The highest BCUT2D eigenvalue weighted by molar-refractivity contribution is 7.99. The van der Waals surface area contributed by atoms with Gasteiger partial charge in [0.25, 0.3) is 0 Å². The van der Waals surface area contributed by atoms with E-state index in [1.165, 1.54) is 0 Å². The molecule has 66 valence electrons. The minimum atomic E-state index is -0.475. The van der Waals surface area contributed by atoms with E-state index in [0.717, 1.165) is 17.2 Å². The van der Waals surface area contributed by atoms with Crippen molar-refractivity contribution >= 4 is 35.0 Å². The molecule has 1 atom stereocenters. The summed E-state index contributed by atoms with van der Waals surface area (Å²) in [5.41, 5.74) is 0. The molecule has 1 saturated carbocycles. The van der Waals surface area contributed by atoms with Crippen LogP contribution in [0.25, 0.3) is 0 Å². The van der Waals surface area contributed by atoms with Gasteiger partial charge < -0.3 is 0 Å². The molecule has 1 heterocycles. The Morgan fingerprint density at radius 3 is 3.00 bits per heavy atom. The van der Waals surface area contributed by atoms with Crippen molar-refractivity contribution in [2.24, 2.45) is 5.92 Å². The molecular weight excluding hydrogens is 217 g/mol. The number of nitrogens with one attached hydrogen (secondary N) is 1. The third-order valence-corrected chi connectivity index (χ3v) is 3.77. The number of hydrogen-bond acceptors (Lipinski definition) is 3. The molecule has 1 aromatic heterocycles. The van der Waals surface area contributed by atoms with Crippen LogP contribution in [0, 0.1) is 5.92 Å². The molecule has 0 amide bonds. The van der Waals surface area contributed by atoms with Crippen LogP contribution in [0.2, 0.25) is 0 Å². The molecule has 0 bridgehead atoms. The van der Waals surface area contributed by atoms with Gasteiger partial charge in [0.1, 0.15) is 9.36 Å². The van der Waals surface area contributed by atoms with Crippen molar-refractivity contribution in [3.05, 3.63) is 6.20 Å². The van der Waals surface area contributed by atoms with Gasteiger partial charge in [-0.2, -0.15) is 10.3 Å². The van der Waals surface area contributed by atoms with E-state index in [4.69, 9.17) is 23.2 Å². The predicted octanol–water partition coefficient (Wildman–Crippen LogP) is 2.09. The van der Waals surface area contributed by atoms with E-state index in [1.54, 1.807) is 18.0 Å². The summed E-state index contributed by atoms with van der Waals surface area (Å²) in [7, 11) is 0. The van der Waals surface area contributed by atoms with Crippen LogP contribution < -0.4 is 0 Å². The summed E-state index contributed by atoms with van der Waals surface area (Å²) in [5.74, 6) is 1.32. The van der Waals surface area contributed by atoms with Crippen molar-refractivity contribution < 1.29 is 0 Å². The zero-order chi connectivity index (χ0) is 8.60. The number of thioether (sulfide) groups is 1. The molecule has 1 N–H and O–H groups in total. The monoisotopic (exact) mass is 223 g/mol. The molecule has 1 unspecified atom stereocenters. The van der Waals surface area contributed by atoms with Crippen molar-refractivity contribution in [1.82, 2.24) is 15.4 Å². The van der Waals surface area contributed by atoms with Crippen molar-refractivity contribution in [1.29, 1.82) is 0 Å². The normalized spacial score (nSPS) is 25.7. The topological polar surface area (TPSA) is 41.6 Å². The van der Waals surface area contributed by atoms with E-state index in [0.29, 0.717) is 5.92 Å². The number of halogens is 2. The zero-order valence-electron chi connectivity index (χ0n) is 6.13. The van der Waals surface area contributed by atoms with Gasteiger partial charge in [-0.05, 0) is 6.42 Å². The second-order valence-electron chi connectivity index (χ2n) is 2.78. The Morgan fingerprint density at radius 2 is 2.50 bits per heavy atom. The molecule has 0 radical (unpaired) electrons. The van der Waals surface area contributed by atoms with Crippen molar-refractivity contribution in [3.8, 4) is 0 Å². The third-order valence-electron chi connectivity index (χ3n) is 1.78. The van der Waals surface area contributed by atoms with E-state index < -0.39 is 4.33 Å². The Kier molecular flexibility index (Phi) is 2.23. The summed E-state index contributed by atoms with van der Waals surface area (Å²) >= 11 is 13.3.